The minimum atomic E-state index is -0.979. The summed E-state index contributed by atoms with van der Waals surface area (Å²) in [6, 6.07) is 3.32. The molecule has 0 aliphatic carbocycles. The van der Waals surface area contributed by atoms with Gasteiger partial charge in [0.2, 0.25) is 6.41 Å². The molecule has 0 fully saturated rings. The highest BCUT2D eigenvalue weighted by Gasteiger charge is 2.08. The number of hydrogen-bond acceptors (Lipinski definition) is 3. The van der Waals surface area contributed by atoms with E-state index in [9.17, 15) is 13.6 Å². The Kier molecular flexibility index (Phi) is 4.53. The van der Waals surface area contributed by atoms with Crippen LogP contribution in [-0.2, 0) is 9.53 Å². The lowest BCUT2D eigenvalue weighted by molar-refractivity contribution is -0.109. The maximum absolute atomic E-state index is 12.9. The summed E-state index contributed by atoms with van der Waals surface area (Å²) in [5.41, 5.74) is 2.72. The molecule has 1 N–H and O–H groups in total. The molecule has 0 radical (unpaired) electrons. The van der Waals surface area contributed by atoms with Gasteiger partial charge < -0.3 is 4.74 Å². The zero-order chi connectivity index (χ0) is 12.0. The minimum absolute atomic E-state index is 0.0753. The van der Waals surface area contributed by atoms with E-state index < -0.39 is 11.6 Å². The van der Waals surface area contributed by atoms with E-state index in [2.05, 4.69) is 10.5 Å². The molecule has 0 aromatic heterocycles. The van der Waals surface area contributed by atoms with Crippen molar-refractivity contribution in [3.63, 3.8) is 0 Å². The standard InChI is InChI=1S/C10H10F2N2O2/c1-16-5-10(14-13-6-15)7-2-3-8(11)9(12)4-7/h2-4,6H,5H2,1H3,(H,13,15)/b14-10+. The Morgan fingerprint density at radius 2 is 2.25 bits per heavy atom. The lowest BCUT2D eigenvalue weighted by Crippen LogP contribution is -2.15. The van der Waals surface area contributed by atoms with Crippen molar-refractivity contribution in [3.8, 4) is 0 Å². The van der Waals surface area contributed by atoms with E-state index in [4.69, 9.17) is 4.74 Å². The lowest BCUT2D eigenvalue weighted by atomic mass is 10.1. The van der Waals surface area contributed by atoms with Gasteiger partial charge in [0.15, 0.2) is 11.6 Å². The monoisotopic (exact) mass is 228 g/mol. The highest BCUT2D eigenvalue weighted by molar-refractivity contribution is 6.01. The van der Waals surface area contributed by atoms with Crippen LogP contribution in [0.1, 0.15) is 5.56 Å². The fourth-order valence-corrected chi connectivity index (χ4v) is 1.10. The number of ether oxygens (including phenoxy) is 1. The number of nitrogens with zero attached hydrogens (tertiary/aromatic N) is 1. The first-order valence-electron chi connectivity index (χ1n) is 4.39. The van der Waals surface area contributed by atoms with Gasteiger partial charge in [-0.2, -0.15) is 5.10 Å². The molecule has 0 unspecified atom stereocenters. The van der Waals surface area contributed by atoms with Gasteiger partial charge in [0.05, 0.1) is 12.3 Å². The highest BCUT2D eigenvalue weighted by Crippen LogP contribution is 2.09. The molecular weight excluding hydrogens is 218 g/mol. The summed E-state index contributed by atoms with van der Waals surface area (Å²) in [6.07, 6.45) is 0.371. The zero-order valence-electron chi connectivity index (χ0n) is 8.54. The number of hydrazone groups is 1. The second kappa shape index (κ2) is 5.92. The molecular formula is C10H10F2N2O2. The first-order chi connectivity index (χ1) is 7.69. The number of carbonyl (C=O) groups excluding carboxylic acids is 1. The average molecular weight is 228 g/mol. The molecule has 4 nitrogen and oxygen atoms in total. The number of rotatable bonds is 5. The van der Waals surface area contributed by atoms with E-state index in [1.54, 1.807) is 0 Å². The van der Waals surface area contributed by atoms with Gasteiger partial charge in [0.25, 0.3) is 0 Å². The summed E-state index contributed by atoms with van der Waals surface area (Å²) >= 11 is 0. The van der Waals surface area contributed by atoms with Gasteiger partial charge in [-0.1, -0.05) is 0 Å². The van der Waals surface area contributed by atoms with Gasteiger partial charge in [0, 0.05) is 12.7 Å². The number of amides is 1. The maximum atomic E-state index is 12.9. The highest BCUT2D eigenvalue weighted by atomic mass is 19.2. The Morgan fingerprint density at radius 1 is 1.50 bits per heavy atom. The van der Waals surface area contributed by atoms with E-state index in [1.165, 1.54) is 13.2 Å². The topological polar surface area (TPSA) is 50.7 Å². The summed E-state index contributed by atoms with van der Waals surface area (Å²) < 4.78 is 30.4. The van der Waals surface area contributed by atoms with Crippen molar-refractivity contribution in [2.75, 3.05) is 13.7 Å². The summed E-state index contributed by atoms with van der Waals surface area (Å²) in [4.78, 5) is 10.1. The number of benzene rings is 1. The van der Waals surface area contributed by atoms with Crippen LogP contribution in [0.3, 0.4) is 0 Å². The first kappa shape index (κ1) is 12.3. The minimum Gasteiger partial charge on any atom is -0.378 e. The zero-order valence-corrected chi connectivity index (χ0v) is 8.54. The summed E-state index contributed by atoms with van der Waals surface area (Å²) in [6.45, 7) is 0.0753. The first-order valence-corrected chi connectivity index (χ1v) is 4.39. The molecule has 0 spiro atoms. The Labute approximate surface area is 90.9 Å². The van der Waals surface area contributed by atoms with Gasteiger partial charge >= 0.3 is 0 Å². The van der Waals surface area contributed by atoms with Crippen molar-refractivity contribution in [2.24, 2.45) is 5.10 Å². The van der Waals surface area contributed by atoms with Crippen molar-refractivity contribution in [1.29, 1.82) is 0 Å². The Hall–Kier alpha value is -1.82. The van der Waals surface area contributed by atoms with Crippen LogP contribution >= 0.6 is 0 Å². The fourth-order valence-electron chi connectivity index (χ4n) is 1.10. The quantitative estimate of drug-likeness (QED) is 0.465. The smallest absolute Gasteiger partial charge is 0.227 e. The van der Waals surface area contributed by atoms with Crippen LogP contribution < -0.4 is 5.43 Å². The number of methoxy groups -OCH3 is 1. The fraction of sp³-hybridized carbons (Fsp3) is 0.200. The van der Waals surface area contributed by atoms with Crippen LogP contribution in [0.5, 0.6) is 0 Å². The Bertz CT molecular complexity index is 408. The molecule has 0 atom stereocenters. The second-order valence-corrected chi connectivity index (χ2v) is 2.87. The van der Waals surface area contributed by atoms with Crippen LogP contribution in [0.25, 0.3) is 0 Å². The van der Waals surface area contributed by atoms with Crippen LogP contribution in [0.2, 0.25) is 0 Å². The van der Waals surface area contributed by atoms with Crippen molar-refractivity contribution in [2.45, 2.75) is 0 Å². The normalized spacial score (nSPS) is 11.3. The van der Waals surface area contributed by atoms with Gasteiger partial charge in [0.1, 0.15) is 0 Å². The molecule has 6 heteroatoms. The SMILES string of the molecule is COC/C(=N\NC=O)c1ccc(F)c(F)c1. The van der Waals surface area contributed by atoms with Crippen LogP contribution in [0.4, 0.5) is 8.78 Å². The lowest BCUT2D eigenvalue weighted by Gasteiger charge is -2.05. The summed E-state index contributed by atoms with van der Waals surface area (Å²) in [5, 5.41) is 3.66. The largest absolute Gasteiger partial charge is 0.378 e. The number of halogens is 2. The third-order valence-electron chi connectivity index (χ3n) is 1.79. The van der Waals surface area contributed by atoms with Gasteiger partial charge in [-0.25, -0.2) is 14.2 Å². The molecule has 86 valence electrons. The van der Waals surface area contributed by atoms with E-state index in [0.29, 0.717) is 17.7 Å². The number of nitrogens with one attached hydrogen (secondary N) is 1. The summed E-state index contributed by atoms with van der Waals surface area (Å²) in [7, 11) is 1.43. The predicted molar refractivity (Wildman–Crippen MR) is 54.0 cm³/mol. The van der Waals surface area contributed by atoms with Crippen molar-refractivity contribution in [3.05, 3.63) is 35.4 Å². The second-order valence-electron chi connectivity index (χ2n) is 2.87. The van der Waals surface area contributed by atoms with Crippen LogP contribution in [-0.4, -0.2) is 25.8 Å². The van der Waals surface area contributed by atoms with Gasteiger partial charge in [-0.15, -0.1) is 0 Å². The summed E-state index contributed by atoms with van der Waals surface area (Å²) in [5.74, 6) is -1.92. The van der Waals surface area contributed by atoms with E-state index >= 15 is 0 Å². The van der Waals surface area contributed by atoms with Crippen LogP contribution in [0, 0.1) is 11.6 Å². The number of carbonyl (C=O) groups is 1. The van der Waals surface area contributed by atoms with E-state index in [0.717, 1.165) is 12.1 Å². The average Bonchev–Trinajstić information content (AvgIpc) is 2.28. The molecule has 1 rings (SSSR count). The molecule has 0 aliphatic rings. The molecule has 1 aromatic rings. The molecule has 0 heterocycles. The van der Waals surface area contributed by atoms with Crippen molar-refractivity contribution < 1.29 is 18.3 Å². The Morgan fingerprint density at radius 3 is 2.81 bits per heavy atom. The Balaban J connectivity index is 3.00. The van der Waals surface area contributed by atoms with Crippen molar-refractivity contribution in [1.82, 2.24) is 5.43 Å². The predicted octanol–water partition coefficient (Wildman–Crippen LogP) is 1.06. The van der Waals surface area contributed by atoms with Crippen LogP contribution in [0.15, 0.2) is 23.3 Å². The van der Waals surface area contributed by atoms with Crippen molar-refractivity contribution >= 4 is 12.1 Å². The van der Waals surface area contributed by atoms with E-state index in [-0.39, 0.29) is 6.61 Å². The third kappa shape index (κ3) is 3.09. The van der Waals surface area contributed by atoms with E-state index in [1.807, 2.05) is 0 Å². The molecule has 0 saturated heterocycles. The third-order valence-corrected chi connectivity index (χ3v) is 1.79. The molecule has 0 aliphatic heterocycles. The van der Waals surface area contributed by atoms with Gasteiger partial charge in [-0.05, 0) is 18.2 Å². The molecule has 0 bridgehead atoms. The molecule has 1 amide bonds. The maximum Gasteiger partial charge on any atom is 0.227 e. The number of hydrogen-bond donors (Lipinski definition) is 1. The molecule has 0 saturated carbocycles. The van der Waals surface area contributed by atoms with Gasteiger partial charge in [-0.3, -0.25) is 4.79 Å². The molecule has 16 heavy (non-hydrogen) atoms. The molecule has 1 aromatic carbocycles.